The third kappa shape index (κ3) is 4.07. The van der Waals surface area contributed by atoms with Crippen LogP contribution in [0.5, 0.6) is 0 Å². The van der Waals surface area contributed by atoms with Gasteiger partial charge in [-0.05, 0) is 37.1 Å². The van der Waals surface area contributed by atoms with E-state index in [-0.39, 0.29) is 25.0 Å². The van der Waals surface area contributed by atoms with Gasteiger partial charge in [-0.25, -0.2) is 13.8 Å². The van der Waals surface area contributed by atoms with Gasteiger partial charge < -0.3 is 11.1 Å². The SMILES string of the molecule is NC(=O)Cc1cnc(-c2ccc(NC[C@]3(c4ncccc4F)C[C@H](F)C3)nn2)s1. The number of amides is 1. The summed E-state index contributed by atoms with van der Waals surface area (Å²) in [7, 11) is 0. The molecule has 29 heavy (non-hydrogen) atoms. The second-order valence-electron chi connectivity index (χ2n) is 7.05. The van der Waals surface area contributed by atoms with Gasteiger partial charge in [-0.3, -0.25) is 9.78 Å². The fraction of sp³-hybridized carbons (Fsp3) is 0.316. The molecule has 0 spiro atoms. The van der Waals surface area contributed by atoms with Gasteiger partial charge in [0.25, 0.3) is 0 Å². The first-order valence-electron chi connectivity index (χ1n) is 9.01. The van der Waals surface area contributed by atoms with E-state index in [4.69, 9.17) is 5.73 Å². The van der Waals surface area contributed by atoms with E-state index in [1.54, 1.807) is 18.3 Å². The predicted octanol–water partition coefficient (Wildman–Crippen LogP) is 2.64. The molecule has 1 saturated carbocycles. The Labute approximate surface area is 169 Å². The van der Waals surface area contributed by atoms with Crippen molar-refractivity contribution < 1.29 is 13.6 Å². The number of halogens is 2. The molecule has 0 aliphatic heterocycles. The molecular weight excluding hydrogens is 398 g/mol. The van der Waals surface area contributed by atoms with E-state index in [2.05, 4.69) is 25.5 Å². The van der Waals surface area contributed by atoms with Crippen molar-refractivity contribution in [3.8, 4) is 10.7 Å². The zero-order valence-corrected chi connectivity index (χ0v) is 16.1. The summed E-state index contributed by atoms with van der Waals surface area (Å²) in [5.74, 6) is -0.366. The molecule has 1 amide bonds. The van der Waals surface area contributed by atoms with Crippen molar-refractivity contribution in [3.63, 3.8) is 0 Å². The quantitative estimate of drug-likeness (QED) is 0.613. The smallest absolute Gasteiger partial charge is 0.222 e. The van der Waals surface area contributed by atoms with Crippen LogP contribution in [0.4, 0.5) is 14.6 Å². The van der Waals surface area contributed by atoms with E-state index in [1.165, 1.54) is 29.7 Å². The minimum absolute atomic E-state index is 0.131. The minimum Gasteiger partial charge on any atom is -0.369 e. The van der Waals surface area contributed by atoms with Crippen molar-refractivity contribution >= 4 is 23.1 Å². The molecule has 1 aliphatic rings. The third-order valence-corrected chi connectivity index (χ3v) is 5.90. The number of rotatable bonds is 7. The zero-order valence-electron chi connectivity index (χ0n) is 15.3. The second-order valence-corrected chi connectivity index (χ2v) is 8.17. The normalized spacial score (nSPS) is 20.8. The van der Waals surface area contributed by atoms with Crippen molar-refractivity contribution in [1.82, 2.24) is 20.2 Å². The fourth-order valence-corrected chi connectivity index (χ4v) is 4.35. The summed E-state index contributed by atoms with van der Waals surface area (Å²) in [6.07, 6.45) is 2.69. The van der Waals surface area contributed by atoms with Crippen LogP contribution in [0.3, 0.4) is 0 Å². The van der Waals surface area contributed by atoms with Crippen LogP contribution in [0, 0.1) is 5.82 Å². The molecule has 150 valence electrons. The molecule has 0 radical (unpaired) electrons. The molecule has 7 nitrogen and oxygen atoms in total. The number of nitrogens with two attached hydrogens (primary N) is 1. The van der Waals surface area contributed by atoms with Gasteiger partial charge in [0.2, 0.25) is 5.91 Å². The van der Waals surface area contributed by atoms with Gasteiger partial charge >= 0.3 is 0 Å². The van der Waals surface area contributed by atoms with E-state index < -0.39 is 23.3 Å². The van der Waals surface area contributed by atoms with Gasteiger partial charge in [-0.15, -0.1) is 21.5 Å². The molecule has 0 aromatic carbocycles. The number of nitrogens with one attached hydrogen (secondary N) is 1. The van der Waals surface area contributed by atoms with Crippen LogP contribution in [-0.2, 0) is 16.6 Å². The molecule has 0 atom stereocenters. The first-order valence-corrected chi connectivity index (χ1v) is 9.83. The summed E-state index contributed by atoms with van der Waals surface area (Å²) in [4.78, 5) is 20.1. The Hall–Kier alpha value is -3.01. The van der Waals surface area contributed by atoms with Gasteiger partial charge in [0.15, 0.2) is 0 Å². The molecule has 0 saturated heterocycles. The molecular formula is C19H18F2N6OS. The summed E-state index contributed by atoms with van der Waals surface area (Å²) in [5, 5.41) is 12.0. The van der Waals surface area contributed by atoms with E-state index in [0.717, 1.165) is 4.88 Å². The van der Waals surface area contributed by atoms with Gasteiger partial charge in [-0.2, -0.15) is 0 Å². The zero-order chi connectivity index (χ0) is 20.4. The van der Waals surface area contributed by atoms with Crippen LogP contribution in [-0.4, -0.2) is 38.8 Å². The summed E-state index contributed by atoms with van der Waals surface area (Å²) < 4.78 is 27.8. The summed E-state index contributed by atoms with van der Waals surface area (Å²) in [6.45, 7) is 0.301. The van der Waals surface area contributed by atoms with Crippen LogP contribution in [0.1, 0.15) is 23.4 Å². The van der Waals surface area contributed by atoms with E-state index in [0.29, 0.717) is 23.1 Å². The highest BCUT2D eigenvalue weighted by atomic mass is 32.1. The number of carbonyl (C=O) groups excluding carboxylic acids is 1. The fourth-order valence-electron chi connectivity index (χ4n) is 3.47. The Morgan fingerprint density at radius 2 is 2.10 bits per heavy atom. The number of pyridine rings is 1. The Kier molecular flexibility index (Phi) is 5.18. The van der Waals surface area contributed by atoms with Gasteiger partial charge in [0.05, 0.1) is 12.1 Å². The van der Waals surface area contributed by atoms with Crippen LogP contribution in [0.15, 0.2) is 36.7 Å². The van der Waals surface area contributed by atoms with Gasteiger partial charge in [0.1, 0.15) is 28.5 Å². The average molecular weight is 416 g/mol. The van der Waals surface area contributed by atoms with E-state index >= 15 is 0 Å². The van der Waals surface area contributed by atoms with Crippen molar-refractivity contribution in [3.05, 3.63) is 53.0 Å². The molecule has 3 aromatic rings. The molecule has 10 heteroatoms. The van der Waals surface area contributed by atoms with Crippen molar-refractivity contribution in [2.45, 2.75) is 30.8 Å². The standard InChI is InChI=1S/C19H18F2N6OS/c20-11-7-19(8-11,17-13(21)2-1-5-23-17)10-25-16-4-3-14(26-27-16)18-24-9-12(29-18)6-15(22)28/h1-5,9,11H,6-8,10H2,(H2,22,28)(H,25,27)/t11-,19-. The first kappa shape index (κ1) is 19.3. The van der Waals surface area contributed by atoms with Crippen LogP contribution in [0.25, 0.3) is 10.7 Å². The van der Waals surface area contributed by atoms with Crippen molar-refractivity contribution in [2.75, 3.05) is 11.9 Å². The van der Waals surface area contributed by atoms with E-state index in [9.17, 15) is 13.6 Å². The largest absolute Gasteiger partial charge is 0.369 e. The Morgan fingerprint density at radius 1 is 1.28 bits per heavy atom. The molecule has 1 fully saturated rings. The third-order valence-electron chi connectivity index (χ3n) is 4.88. The lowest BCUT2D eigenvalue weighted by Gasteiger charge is -2.43. The highest BCUT2D eigenvalue weighted by Gasteiger charge is 2.48. The monoisotopic (exact) mass is 416 g/mol. The summed E-state index contributed by atoms with van der Waals surface area (Å²) in [5.41, 5.74) is 5.32. The van der Waals surface area contributed by atoms with Crippen LogP contribution < -0.4 is 11.1 Å². The molecule has 4 rings (SSSR count). The highest BCUT2D eigenvalue weighted by Crippen LogP contribution is 2.45. The first-order chi connectivity index (χ1) is 13.9. The van der Waals surface area contributed by atoms with Gasteiger partial charge in [-0.1, -0.05) is 0 Å². The number of carbonyl (C=O) groups is 1. The maximum atomic E-state index is 14.2. The molecule has 3 N–H and O–H groups in total. The Bertz CT molecular complexity index is 1020. The summed E-state index contributed by atoms with van der Waals surface area (Å²) in [6, 6.07) is 6.33. The lowest BCUT2D eigenvalue weighted by molar-refractivity contribution is -0.117. The Morgan fingerprint density at radius 3 is 2.76 bits per heavy atom. The maximum Gasteiger partial charge on any atom is 0.222 e. The lowest BCUT2D eigenvalue weighted by Crippen LogP contribution is -2.49. The number of hydrogen-bond donors (Lipinski definition) is 2. The maximum absolute atomic E-state index is 14.2. The number of anilines is 1. The Balaban J connectivity index is 1.45. The molecule has 3 heterocycles. The molecule has 0 unspecified atom stereocenters. The highest BCUT2D eigenvalue weighted by molar-refractivity contribution is 7.15. The second kappa shape index (κ2) is 7.78. The van der Waals surface area contributed by atoms with Gasteiger partial charge in [0, 0.05) is 29.2 Å². The van der Waals surface area contributed by atoms with E-state index in [1.807, 2.05) is 0 Å². The van der Waals surface area contributed by atoms with Crippen molar-refractivity contribution in [1.29, 1.82) is 0 Å². The van der Waals surface area contributed by atoms with Crippen LogP contribution in [0.2, 0.25) is 0 Å². The topological polar surface area (TPSA) is 107 Å². The summed E-state index contributed by atoms with van der Waals surface area (Å²) >= 11 is 1.32. The number of thiazole rings is 1. The predicted molar refractivity (Wildman–Crippen MR) is 105 cm³/mol. The number of nitrogens with zero attached hydrogens (tertiary/aromatic N) is 4. The number of alkyl halides is 1. The molecule has 3 aromatic heterocycles. The molecule has 1 aliphatic carbocycles. The van der Waals surface area contributed by atoms with Crippen LogP contribution >= 0.6 is 11.3 Å². The van der Waals surface area contributed by atoms with Crippen molar-refractivity contribution in [2.24, 2.45) is 5.73 Å². The lowest BCUT2D eigenvalue weighted by atomic mass is 9.65. The number of primary amides is 1. The molecule has 0 bridgehead atoms. The number of hydrogen-bond acceptors (Lipinski definition) is 7. The minimum atomic E-state index is -0.967. The number of aromatic nitrogens is 4. The average Bonchev–Trinajstić information content (AvgIpc) is 3.13.